The Morgan fingerprint density at radius 1 is 0.600 bits per heavy atom. The SMILES string of the molecule is CC(C)(C)[Si](C)(C)Oc1cccc(Nc2ncnc3cc(-c4ccc(C(=O)O)cc4)sc23)c1.CC(C)(C)[Si](C)(C)Oc1cccc(Nc2ncnc3cc(-c4ccc(C=O)cc4)sc23)c1. The highest BCUT2D eigenvalue weighted by atomic mass is 32.1. The fourth-order valence-corrected chi connectivity index (χ4v) is 10.3. The maximum atomic E-state index is 11.1. The molecule has 4 aromatic heterocycles. The van der Waals surface area contributed by atoms with Gasteiger partial charge in [0.2, 0.25) is 16.6 Å². The molecule has 0 aliphatic carbocycles. The number of hydrogen-bond acceptors (Lipinski definition) is 12. The summed E-state index contributed by atoms with van der Waals surface area (Å²) in [4.78, 5) is 42.0. The quantitative estimate of drug-likeness (QED) is 0.0794. The third-order valence-corrected chi connectivity index (χ3v) is 23.0. The zero-order valence-electron chi connectivity index (χ0n) is 38.3. The molecule has 0 aliphatic heterocycles. The number of carboxylic acid groups (broad SMARTS) is 1. The van der Waals surface area contributed by atoms with Gasteiger partial charge in [-0.05, 0) is 95.9 Å². The van der Waals surface area contributed by atoms with Crippen LogP contribution >= 0.6 is 22.7 Å². The largest absolute Gasteiger partial charge is 0.543 e. The van der Waals surface area contributed by atoms with Gasteiger partial charge in [-0.1, -0.05) is 90.1 Å². The van der Waals surface area contributed by atoms with Crippen LogP contribution in [0.2, 0.25) is 36.3 Å². The van der Waals surface area contributed by atoms with E-state index in [9.17, 15) is 9.59 Å². The Bertz CT molecular complexity index is 2980. The van der Waals surface area contributed by atoms with Gasteiger partial charge in [-0.25, -0.2) is 24.7 Å². The van der Waals surface area contributed by atoms with Gasteiger partial charge in [0, 0.05) is 38.8 Å². The Morgan fingerprint density at radius 2 is 1.02 bits per heavy atom. The van der Waals surface area contributed by atoms with Gasteiger partial charge in [-0.3, -0.25) is 4.79 Å². The van der Waals surface area contributed by atoms with Crippen LogP contribution in [0.1, 0.15) is 62.3 Å². The van der Waals surface area contributed by atoms with Gasteiger partial charge in [0.15, 0.2) is 11.6 Å². The molecule has 11 nitrogen and oxygen atoms in total. The predicted octanol–water partition coefficient (Wildman–Crippen LogP) is 14.5. The summed E-state index contributed by atoms with van der Waals surface area (Å²) in [5, 5.41) is 16.2. The highest BCUT2D eigenvalue weighted by Crippen LogP contribution is 2.41. The number of rotatable bonds is 12. The molecule has 4 heterocycles. The Balaban J connectivity index is 0.000000194. The van der Waals surface area contributed by atoms with Crippen molar-refractivity contribution in [3.8, 4) is 32.4 Å². The molecule has 15 heteroatoms. The van der Waals surface area contributed by atoms with Crippen LogP contribution in [-0.2, 0) is 0 Å². The average Bonchev–Trinajstić information content (AvgIpc) is 3.90. The molecule has 0 fully saturated rings. The fourth-order valence-electron chi connectivity index (χ4n) is 6.12. The number of nitrogens with zero attached hydrogens (tertiary/aromatic N) is 4. The van der Waals surface area contributed by atoms with Crippen LogP contribution in [0.3, 0.4) is 0 Å². The normalized spacial score (nSPS) is 12.0. The minimum atomic E-state index is -1.94. The highest BCUT2D eigenvalue weighted by Gasteiger charge is 2.40. The monoisotopic (exact) mass is 938 g/mol. The molecule has 0 amide bonds. The number of aromatic carboxylic acids is 1. The van der Waals surface area contributed by atoms with E-state index in [2.05, 4.69) is 104 Å². The first-order valence-corrected chi connectivity index (χ1v) is 28.7. The summed E-state index contributed by atoms with van der Waals surface area (Å²) in [5.74, 6) is 2.27. The molecule has 8 aromatic rings. The van der Waals surface area contributed by atoms with Crippen molar-refractivity contribution in [1.29, 1.82) is 0 Å². The first-order chi connectivity index (χ1) is 30.7. The number of carbonyl (C=O) groups is 2. The molecule has 0 atom stereocenters. The fraction of sp³-hybridized carbons (Fsp3) is 0.240. The summed E-state index contributed by atoms with van der Waals surface area (Å²) in [5.41, 5.74) is 6.46. The van der Waals surface area contributed by atoms with E-state index in [1.54, 1.807) is 47.5 Å². The molecule has 0 unspecified atom stereocenters. The third-order valence-electron chi connectivity index (χ3n) is 11.9. The Kier molecular flexibility index (Phi) is 13.4. The van der Waals surface area contributed by atoms with Gasteiger partial charge in [0.1, 0.15) is 30.4 Å². The Labute approximate surface area is 390 Å². The maximum Gasteiger partial charge on any atom is 0.335 e. The highest BCUT2D eigenvalue weighted by molar-refractivity contribution is 7.23. The van der Waals surface area contributed by atoms with Crippen LogP contribution < -0.4 is 19.5 Å². The lowest BCUT2D eigenvalue weighted by molar-refractivity contribution is 0.0696. The minimum Gasteiger partial charge on any atom is -0.543 e. The molecule has 0 radical (unpaired) electrons. The number of aromatic nitrogens is 4. The van der Waals surface area contributed by atoms with Crippen molar-refractivity contribution in [3.05, 3.63) is 133 Å². The van der Waals surface area contributed by atoms with Gasteiger partial charge < -0.3 is 24.6 Å². The van der Waals surface area contributed by atoms with Gasteiger partial charge >= 0.3 is 5.97 Å². The second kappa shape index (κ2) is 18.7. The van der Waals surface area contributed by atoms with E-state index in [0.29, 0.717) is 5.56 Å². The van der Waals surface area contributed by atoms with E-state index >= 15 is 0 Å². The minimum absolute atomic E-state index is 0.116. The van der Waals surface area contributed by atoms with E-state index in [4.69, 9.17) is 14.0 Å². The third kappa shape index (κ3) is 11.0. The van der Waals surface area contributed by atoms with Crippen LogP contribution in [0, 0.1) is 0 Å². The molecule has 334 valence electrons. The van der Waals surface area contributed by atoms with Gasteiger partial charge in [-0.15, -0.1) is 22.7 Å². The van der Waals surface area contributed by atoms with E-state index < -0.39 is 22.6 Å². The van der Waals surface area contributed by atoms with Gasteiger partial charge in [-0.2, -0.15) is 0 Å². The molecular weight excluding hydrogens is 885 g/mol. The predicted molar refractivity (Wildman–Crippen MR) is 273 cm³/mol. The van der Waals surface area contributed by atoms with Crippen LogP contribution in [-0.4, -0.2) is 53.9 Å². The van der Waals surface area contributed by atoms with Crippen molar-refractivity contribution in [2.45, 2.75) is 77.8 Å². The van der Waals surface area contributed by atoms with E-state index in [1.165, 1.54) is 0 Å². The van der Waals surface area contributed by atoms with Crippen LogP contribution in [0.4, 0.5) is 23.0 Å². The molecular formula is C50H54N6O5S2Si2. The zero-order chi connectivity index (χ0) is 46.7. The number of fused-ring (bicyclic) bond motifs is 2. The zero-order valence-corrected chi connectivity index (χ0v) is 41.9. The Hall–Kier alpha value is -6.27. The van der Waals surface area contributed by atoms with Crippen LogP contribution in [0.25, 0.3) is 41.3 Å². The van der Waals surface area contributed by atoms with E-state index in [0.717, 1.165) is 82.1 Å². The van der Waals surface area contributed by atoms with E-state index in [-0.39, 0.29) is 15.6 Å². The molecule has 4 aromatic carbocycles. The number of nitrogens with one attached hydrogen (secondary N) is 2. The van der Waals surface area contributed by atoms with E-state index in [1.807, 2.05) is 91.0 Å². The number of carbonyl (C=O) groups excluding carboxylic acids is 1. The summed E-state index contributed by atoms with van der Waals surface area (Å²) in [6.07, 6.45) is 3.97. The Morgan fingerprint density at radius 3 is 1.40 bits per heavy atom. The second-order valence-corrected chi connectivity index (χ2v) is 30.3. The summed E-state index contributed by atoms with van der Waals surface area (Å²) in [6, 6.07) is 34.5. The van der Waals surface area contributed by atoms with Crippen molar-refractivity contribution in [1.82, 2.24) is 19.9 Å². The van der Waals surface area contributed by atoms with Crippen LogP contribution in [0.15, 0.2) is 122 Å². The number of anilines is 4. The first kappa shape index (κ1) is 46.7. The summed E-state index contributed by atoms with van der Waals surface area (Å²) < 4.78 is 14.8. The summed E-state index contributed by atoms with van der Waals surface area (Å²) in [7, 11) is -3.86. The number of carboxylic acids is 1. The van der Waals surface area contributed by atoms with Crippen LogP contribution in [0.5, 0.6) is 11.5 Å². The standard InChI is InChI=1S/C25H27N3O3SSi.C25H27N3O2SSi/c1-25(2,3)33(4,5)31-19-8-6-7-18(13-19)28-23-22-20(26-15-27-23)14-21(32-22)16-9-11-17(12-10-16)24(29)30;1-25(2,3)32(4,5)30-20-8-6-7-19(13-20)28-24-23-21(26-16-27-24)14-22(31-23)18-11-9-17(15-29)10-12-18/h6-15H,1-5H3,(H,29,30)(H,26,27,28);6-16H,1-5H3,(H,26,27,28). The average molecular weight is 939 g/mol. The first-order valence-electron chi connectivity index (χ1n) is 21.2. The molecule has 65 heavy (non-hydrogen) atoms. The van der Waals surface area contributed by atoms with Crippen molar-refractivity contribution in [3.63, 3.8) is 0 Å². The lowest BCUT2D eigenvalue weighted by Gasteiger charge is -2.36. The topological polar surface area (TPSA) is 148 Å². The molecule has 0 aliphatic rings. The maximum absolute atomic E-state index is 11.1. The molecule has 8 rings (SSSR count). The molecule has 0 saturated heterocycles. The lowest BCUT2D eigenvalue weighted by Crippen LogP contribution is -2.43. The number of benzene rings is 4. The van der Waals surface area contributed by atoms with Crippen molar-refractivity contribution in [2.24, 2.45) is 0 Å². The number of hydrogen-bond donors (Lipinski definition) is 3. The molecule has 0 bridgehead atoms. The van der Waals surface area contributed by atoms with Crippen molar-refractivity contribution < 1.29 is 23.5 Å². The summed E-state index contributed by atoms with van der Waals surface area (Å²) >= 11 is 3.20. The van der Waals surface area contributed by atoms with Crippen molar-refractivity contribution in [2.75, 3.05) is 10.6 Å². The molecule has 0 spiro atoms. The van der Waals surface area contributed by atoms with Crippen molar-refractivity contribution >= 4 is 95.0 Å². The number of thiophene rings is 2. The number of aldehydes is 1. The molecule has 3 N–H and O–H groups in total. The smallest absolute Gasteiger partial charge is 0.335 e. The molecule has 0 saturated carbocycles. The van der Waals surface area contributed by atoms with Gasteiger partial charge in [0.25, 0.3) is 0 Å². The lowest BCUT2D eigenvalue weighted by atomic mass is 10.1. The summed E-state index contributed by atoms with van der Waals surface area (Å²) in [6.45, 7) is 22.3. The van der Waals surface area contributed by atoms with Gasteiger partial charge in [0.05, 0.1) is 26.0 Å². The second-order valence-electron chi connectivity index (χ2n) is 18.7.